The molecule has 0 aromatic heterocycles. The second kappa shape index (κ2) is 7.10. The summed E-state index contributed by atoms with van der Waals surface area (Å²) in [6.45, 7) is 4.48. The van der Waals surface area contributed by atoms with Crippen LogP contribution in [0.3, 0.4) is 0 Å². The van der Waals surface area contributed by atoms with E-state index >= 15 is 0 Å². The summed E-state index contributed by atoms with van der Waals surface area (Å²) in [4.78, 5) is 10.8. The highest BCUT2D eigenvalue weighted by molar-refractivity contribution is 5.73. The molecule has 0 rings (SSSR count). The Bertz CT molecular complexity index is 123. The van der Waals surface area contributed by atoms with Crippen LogP contribution in [0.15, 0.2) is 0 Å². The molecule has 1 unspecified atom stereocenters. The minimum absolute atomic E-state index is 0.300. The maximum absolute atomic E-state index is 10.8. The molecule has 72 valence electrons. The number of unbranched alkanes of at least 4 members (excludes halogenated alkanes) is 2. The van der Waals surface area contributed by atoms with E-state index in [9.17, 15) is 4.79 Å². The summed E-state index contributed by atoms with van der Waals surface area (Å²) in [5.74, 6) is -0.300. The topological polar surface area (TPSA) is 35.5 Å². The van der Waals surface area contributed by atoms with Crippen LogP contribution in [0.4, 0.5) is 0 Å². The van der Waals surface area contributed by atoms with Crippen molar-refractivity contribution in [2.75, 3.05) is 13.7 Å². The molecule has 3 nitrogen and oxygen atoms in total. The van der Waals surface area contributed by atoms with Crippen LogP contribution in [0.2, 0.25) is 0 Å². The van der Waals surface area contributed by atoms with Crippen molar-refractivity contribution in [3.63, 3.8) is 0 Å². The molecule has 3 heteroatoms. The van der Waals surface area contributed by atoms with Gasteiger partial charge >= 0.3 is 5.97 Å². The van der Waals surface area contributed by atoms with E-state index in [2.05, 4.69) is 11.7 Å². The minimum Gasteiger partial charge on any atom is -0.467 e. The molecule has 12 heavy (non-hydrogen) atoms. The van der Waals surface area contributed by atoms with Crippen molar-refractivity contribution in [1.29, 1.82) is 0 Å². The first-order valence-corrected chi connectivity index (χ1v) is 4.41. The molecule has 0 aliphatic heterocycles. The molecule has 0 fully saturated rings. The van der Waals surface area contributed by atoms with Crippen molar-refractivity contribution in [2.45, 2.75) is 39.2 Å². The SMILES string of the molecule is CCCCCOC(C)C(=O)OC. The van der Waals surface area contributed by atoms with Gasteiger partial charge in [0.05, 0.1) is 7.11 Å². The first kappa shape index (κ1) is 11.4. The third-order valence-electron chi connectivity index (χ3n) is 1.65. The van der Waals surface area contributed by atoms with Crippen LogP contribution in [-0.4, -0.2) is 25.8 Å². The van der Waals surface area contributed by atoms with Gasteiger partial charge in [0.2, 0.25) is 0 Å². The molecule has 0 saturated heterocycles. The van der Waals surface area contributed by atoms with Gasteiger partial charge in [-0.1, -0.05) is 19.8 Å². The second-order valence-corrected chi connectivity index (χ2v) is 2.74. The highest BCUT2D eigenvalue weighted by Gasteiger charge is 2.11. The quantitative estimate of drug-likeness (QED) is 0.454. The Kier molecular flexibility index (Phi) is 6.76. The molecule has 1 atom stereocenters. The molecule has 0 aliphatic carbocycles. The van der Waals surface area contributed by atoms with Gasteiger partial charge in [-0.15, -0.1) is 0 Å². The summed E-state index contributed by atoms with van der Waals surface area (Å²) in [6, 6.07) is 0. The number of carbonyl (C=O) groups excluding carboxylic acids is 1. The van der Waals surface area contributed by atoms with E-state index < -0.39 is 6.10 Å². The van der Waals surface area contributed by atoms with Crippen molar-refractivity contribution in [3.8, 4) is 0 Å². The summed E-state index contributed by atoms with van der Waals surface area (Å²) in [6.07, 6.45) is 2.90. The number of carbonyl (C=O) groups is 1. The first-order chi connectivity index (χ1) is 5.72. The van der Waals surface area contributed by atoms with Crippen LogP contribution in [0.25, 0.3) is 0 Å². The van der Waals surface area contributed by atoms with Gasteiger partial charge < -0.3 is 9.47 Å². The smallest absolute Gasteiger partial charge is 0.334 e. The van der Waals surface area contributed by atoms with Gasteiger partial charge in [-0.25, -0.2) is 4.79 Å². The van der Waals surface area contributed by atoms with E-state index in [4.69, 9.17) is 4.74 Å². The maximum Gasteiger partial charge on any atom is 0.334 e. The molecule has 0 spiro atoms. The maximum atomic E-state index is 10.8. The molecule has 0 amide bonds. The Morgan fingerprint density at radius 1 is 1.42 bits per heavy atom. The molecule has 0 radical (unpaired) electrons. The fraction of sp³-hybridized carbons (Fsp3) is 0.889. The molecule has 0 aliphatic rings. The Hall–Kier alpha value is -0.570. The predicted octanol–water partition coefficient (Wildman–Crippen LogP) is 1.75. The van der Waals surface area contributed by atoms with Crippen LogP contribution in [0, 0.1) is 0 Å². The summed E-state index contributed by atoms with van der Waals surface area (Å²) < 4.78 is 9.73. The van der Waals surface area contributed by atoms with Crippen LogP contribution in [0.1, 0.15) is 33.1 Å². The Morgan fingerprint density at radius 3 is 2.58 bits per heavy atom. The van der Waals surface area contributed by atoms with E-state index in [-0.39, 0.29) is 5.97 Å². The van der Waals surface area contributed by atoms with Crippen molar-refractivity contribution < 1.29 is 14.3 Å². The normalized spacial score (nSPS) is 12.6. The average Bonchev–Trinajstić information content (AvgIpc) is 2.10. The predicted molar refractivity (Wildman–Crippen MR) is 47.0 cm³/mol. The number of esters is 1. The lowest BCUT2D eigenvalue weighted by atomic mass is 10.3. The fourth-order valence-corrected chi connectivity index (χ4v) is 0.846. The molecule has 0 aromatic rings. The Morgan fingerprint density at radius 2 is 2.08 bits per heavy atom. The van der Waals surface area contributed by atoms with E-state index in [1.54, 1.807) is 6.92 Å². The lowest BCUT2D eigenvalue weighted by molar-refractivity contribution is -0.152. The molecule has 0 N–H and O–H groups in total. The van der Waals surface area contributed by atoms with Crippen LogP contribution < -0.4 is 0 Å². The van der Waals surface area contributed by atoms with Gasteiger partial charge in [0, 0.05) is 6.61 Å². The van der Waals surface area contributed by atoms with E-state index in [1.807, 2.05) is 0 Å². The van der Waals surface area contributed by atoms with Gasteiger partial charge in [-0.3, -0.25) is 0 Å². The average molecular weight is 174 g/mol. The molecule has 0 aromatic carbocycles. The van der Waals surface area contributed by atoms with E-state index in [0.717, 1.165) is 19.3 Å². The highest BCUT2D eigenvalue weighted by atomic mass is 16.6. The molecular formula is C9H18O3. The summed E-state index contributed by atoms with van der Waals surface area (Å²) >= 11 is 0. The zero-order valence-corrected chi connectivity index (χ0v) is 8.13. The fourth-order valence-electron chi connectivity index (χ4n) is 0.846. The second-order valence-electron chi connectivity index (χ2n) is 2.74. The third kappa shape index (κ3) is 5.13. The minimum atomic E-state index is -0.424. The van der Waals surface area contributed by atoms with Crippen molar-refractivity contribution in [3.05, 3.63) is 0 Å². The molecular weight excluding hydrogens is 156 g/mol. The zero-order valence-electron chi connectivity index (χ0n) is 8.13. The number of ether oxygens (including phenoxy) is 2. The molecule has 0 bridgehead atoms. The van der Waals surface area contributed by atoms with Crippen LogP contribution in [-0.2, 0) is 14.3 Å². The zero-order chi connectivity index (χ0) is 9.40. The number of rotatable bonds is 6. The van der Waals surface area contributed by atoms with E-state index in [1.165, 1.54) is 7.11 Å². The third-order valence-corrected chi connectivity index (χ3v) is 1.65. The van der Waals surface area contributed by atoms with Gasteiger partial charge in [-0.2, -0.15) is 0 Å². The van der Waals surface area contributed by atoms with Gasteiger partial charge in [0.15, 0.2) is 6.10 Å². The largest absolute Gasteiger partial charge is 0.467 e. The number of hydrogen-bond acceptors (Lipinski definition) is 3. The molecule has 0 saturated carbocycles. The lowest BCUT2D eigenvalue weighted by Crippen LogP contribution is -2.22. The summed E-state index contributed by atoms with van der Waals surface area (Å²) in [7, 11) is 1.37. The summed E-state index contributed by atoms with van der Waals surface area (Å²) in [5.41, 5.74) is 0. The monoisotopic (exact) mass is 174 g/mol. The Balaban J connectivity index is 3.31. The van der Waals surface area contributed by atoms with Gasteiger partial charge in [-0.05, 0) is 13.3 Å². The van der Waals surface area contributed by atoms with Crippen molar-refractivity contribution in [1.82, 2.24) is 0 Å². The molecule has 0 heterocycles. The van der Waals surface area contributed by atoms with Gasteiger partial charge in [0.1, 0.15) is 0 Å². The van der Waals surface area contributed by atoms with Crippen molar-refractivity contribution in [2.24, 2.45) is 0 Å². The van der Waals surface area contributed by atoms with Crippen LogP contribution in [0.5, 0.6) is 0 Å². The van der Waals surface area contributed by atoms with Crippen molar-refractivity contribution >= 4 is 5.97 Å². The number of hydrogen-bond donors (Lipinski definition) is 0. The lowest BCUT2D eigenvalue weighted by Gasteiger charge is -2.09. The van der Waals surface area contributed by atoms with Crippen LogP contribution >= 0.6 is 0 Å². The first-order valence-electron chi connectivity index (χ1n) is 4.41. The highest BCUT2D eigenvalue weighted by Crippen LogP contribution is 1.98. The Labute approximate surface area is 74.0 Å². The summed E-state index contributed by atoms with van der Waals surface area (Å²) in [5, 5.41) is 0. The van der Waals surface area contributed by atoms with Gasteiger partial charge in [0.25, 0.3) is 0 Å². The standard InChI is InChI=1S/C9H18O3/c1-4-5-6-7-12-8(2)9(10)11-3/h8H,4-7H2,1-3H3. The number of methoxy groups -OCH3 is 1. The van der Waals surface area contributed by atoms with E-state index in [0.29, 0.717) is 6.61 Å².